The monoisotopic (exact) mass is 322 g/mol. The van der Waals surface area contributed by atoms with Crippen molar-refractivity contribution in [3.63, 3.8) is 0 Å². The summed E-state index contributed by atoms with van der Waals surface area (Å²) < 4.78 is 14.3. The van der Waals surface area contributed by atoms with E-state index in [0.29, 0.717) is 11.3 Å². The van der Waals surface area contributed by atoms with Crippen LogP contribution in [0.1, 0.15) is 15.9 Å². The summed E-state index contributed by atoms with van der Waals surface area (Å²) in [6.45, 7) is 1.82. The van der Waals surface area contributed by atoms with Gasteiger partial charge in [-0.25, -0.2) is 4.39 Å². The Labute approximate surface area is 118 Å². The number of nitrogens with two attached hydrogens (primary N) is 1. The van der Waals surface area contributed by atoms with E-state index >= 15 is 0 Å². The summed E-state index contributed by atoms with van der Waals surface area (Å²) in [6.07, 6.45) is 0. The topological polar surface area (TPSA) is 55.1 Å². The average molecular weight is 323 g/mol. The number of halogens is 2. The van der Waals surface area contributed by atoms with Crippen LogP contribution < -0.4 is 11.1 Å². The molecule has 0 radical (unpaired) electrons. The smallest absolute Gasteiger partial charge is 0.256 e. The number of carbonyl (C=O) groups is 1. The first-order valence-electron chi connectivity index (χ1n) is 5.60. The molecule has 19 heavy (non-hydrogen) atoms. The van der Waals surface area contributed by atoms with Gasteiger partial charge in [0, 0.05) is 15.7 Å². The van der Waals surface area contributed by atoms with Crippen molar-refractivity contribution in [2.24, 2.45) is 0 Å². The van der Waals surface area contributed by atoms with E-state index in [4.69, 9.17) is 5.73 Å². The van der Waals surface area contributed by atoms with E-state index in [1.165, 1.54) is 18.2 Å². The van der Waals surface area contributed by atoms with Crippen LogP contribution in [0.15, 0.2) is 40.9 Å². The van der Waals surface area contributed by atoms with Crippen molar-refractivity contribution in [2.45, 2.75) is 6.92 Å². The van der Waals surface area contributed by atoms with Crippen LogP contribution in [0.25, 0.3) is 0 Å². The van der Waals surface area contributed by atoms with E-state index in [2.05, 4.69) is 21.2 Å². The molecule has 0 unspecified atom stereocenters. The molecule has 0 aliphatic carbocycles. The van der Waals surface area contributed by atoms with E-state index in [1.54, 1.807) is 6.07 Å². The van der Waals surface area contributed by atoms with E-state index in [1.807, 2.05) is 19.1 Å². The molecule has 2 rings (SSSR count). The van der Waals surface area contributed by atoms with Crippen LogP contribution in [0.5, 0.6) is 0 Å². The molecule has 2 aromatic rings. The van der Waals surface area contributed by atoms with Gasteiger partial charge in [-0.3, -0.25) is 4.79 Å². The molecule has 5 heteroatoms. The molecule has 1 amide bonds. The summed E-state index contributed by atoms with van der Waals surface area (Å²) >= 11 is 3.30. The minimum absolute atomic E-state index is 0.0735. The highest BCUT2D eigenvalue weighted by Crippen LogP contribution is 2.21. The Bertz CT molecular complexity index is 643. The lowest BCUT2D eigenvalue weighted by Crippen LogP contribution is -2.14. The van der Waals surface area contributed by atoms with E-state index in [9.17, 15) is 9.18 Å². The van der Waals surface area contributed by atoms with Gasteiger partial charge in [0.25, 0.3) is 5.91 Å². The van der Waals surface area contributed by atoms with Gasteiger partial charge in [-0.2, -0.15) is 0 Å². The summed E-state index contributed by atoms with van der Waals surface area (Å²) in [7, 11) is 0. The highest BCUT2D eigenvalue weighted by atomic mass is 79.9. The molecule has 0 heterocycles. The van der Waals surface area contributed by atoms with E-state index in [0.717, 1.165) is 10.0 Å². The quantitative estimate of drug-likeness (QED) is 0.828. The summed E-state index contributed by atoms with van der Waals surface area (Å²) in [5, 5.41) is 2.52. The average Bonchev–Trinajstić information content (AvgIpc) is 2.36. The first-order valence-corrected chi connectivity index (χ1v) is 6.39. The molecule has 0 bridgehead atoms. The van der Waals surface area contributed by atoms with Crippen LogP contribution in [-0.4, -0.2) is 5.91 Å². The van der Waals surface area contributed by atoms with E-state index < -0.39 is 5.82 Å². The molecule has 0 aromatic heterocycles. The number of amides is 1. The molecule has 0 aliphatic heterocycles. The van der Waals surface area contributed by atoms with Crippen molar-refractivity contribution in [1.29, 1.82) is 0 Å². The number of hydrogen-bond acceptors (Lipinski definition) is 2. The molecule has 3 nitrogen and oxygen atoms in total. The Hall–Kier alpha value is -1.88. The lowest BCUT2D eigenvalue weighted by atomic mass is 10.1. The van der Waals surface area contributed by atoms with Gasteiger partial charge < -0.3 is 11.1 Å². The molecule has 0 saturated heterocycles. The molecule has 98 valence electrons. The lowest BCUT2D eigenvalue weighted by molar-refractivity contribution is 0.102. The molecule has 0 aliphatic rings. The number of anilines is 2. The largest absolute Gasteiger partial charge is 0.399 e. The fourth-order valence-corrected chi connectivity index (χ4v) is 2.03. The molecular weight excluding hydrogens is 311 g/mol. The Morgan fingerprint density at radius 2 is 2.00 bits per heavy atom. The maximum absolute atomic E-state index is 13.5. The fraction of sp³-hybridized carbons (Fsp3) is 0.0714. The highest BCUT2D eigenvalue weighted by molar-refractivity contribution is 9.10. The van der Waals surface area contributed by atoms with Crippen LogP contribution in [0, 0.1) is 12.7 Å². The van der Waals surface area contributed by atoms with Crippen molar-refractivity contribution in [1.82, 2.24) is 0 Å². The van der Waals surface area contributed by atoms with Crippen molar-refractivity contribution in [2.75, 3.05) is 11.1 Å². The van der Waals surface area contributed by atoms with Crippen LogP contribution in [-0.2, 0) is 0 Å². The third kappa shape index (κ3) is 3.12. The van der Waals surface area contributed by atoms with Gasteiger partial charge in [-0.15, -0.1) is 0 Å². The number of nitrogens with one attached hydrogen (secondary N) is 1. The number of carbonyl (C=O) groups excluding carboxylic acids is 1. The SMILES string of the molecule is Cc1ccc(Br)cc1C(=O)Nc1cc(N)ccc1F. The van der Waals surface area contributed by atoms with Crippen molar-refractivity contribution < 1.29 is 9.18 Å². The maximum atomic E-state index is 13.5. The minimum atomic E-state index is -0.518. The van der Waals surface area contributed by atoms with Gasteiger partial charge in [0.2, 0.25) is 0 Å². The van der Waals surface area contributed by atoms with Gasteiger partial charge >= 0.3 is 0 Å². The van der Waals surface area contributed by atoms with Crippen LogP contribution in [0.4, 0.5) is 15.8 Å². The first-order chi connectivity index (χ1) is 8.97. The zero-order valence-corrected chi connectivity index (χ0v) is 11.8. The number of hydrogen-bond donors (Lipinski definition) is 2. The Morgan fingerprint density at radius 3 is 2.74 bits per heavy atom. The molecule has 0 spiro atoms. The Kier molecular flexibility index (Phi) is 3.85. The standard InChI is InChI=1S/C14H12BrFN2O/c1-8-2-3-9(15)6-11(8)14(19)18-13-7-10(17)4-5-12(13)16/h2-7H,17H2,1H3,(H,18,19). The van der Waals surface area contributed by atoms with Gasteiger partial charge in [-0.1, -0.05) is 22.0 Å². The molecule has 0 fully saturated rings. The second-order valence-corrected chi connectivity index (χ2v) is 5.07. The second-order valence-electron chi connectivity index (χ2n) is 4.15. The molecule has 0 saturated carbocycles. The summed E-state index contributed by atoms with van der Waals surface area (Å²) in [6, 6.07) is 9.39. The maximum Gasteiger partial charge on any atom is 0.256 e. The predicted octanol–water partition coefficient (Wildman–Crippen LogP) is 3.73. The summed E-state index contributed by atoms with van der Waals surface area (Å²) in [5.41, 5.74) is 7.33. The van der Waals surface area contributed by atoms with E-state index in [-0.39, 0.29) is 11.6 Å². The third-order valence-corrected chi connectivity index (χ3v) is 3.18. The van der Waals surface area contributed by atoms with Crippen molar-refractivity contribution >= 4 is 33.2 Å². The highest BCUT2D eigenvalue weighted by Gasteiger charge is 2.12. The van der Waals surface area contributed by atoms with Gasteiger partial charge in [0.15, 0.2) is 0 Å². The lowest BCUT2D eigenvalue weighted by Gasteiger charge is -2.09. The first kappa shape index (κ1) is 13.5. The molecule has 2 aromatic carbocycles. The van der Waals surface area contributed by atoms with Crippen LogP contribution in [0.2, 0.25) is 0 Å². The predicted molar refractivity (Wildman–Crippen MR) is 77.6 cm³/mol. The third-order valence-electron chi connectivity index (χ3n) is 2.68. The number of rotatable bonds is 2. The zero-order valence-electron chi connectivity index (χ0n) is 10.2. The molecule has 3 N–H and O–H groups in total. The normalized spacial score (nSPS) is 10.3. The van der Waals surface area contributed by atoms with Crippen molar-refractivity contribution in [3.05, 3.63) is 57.8 Å². The summed E-state index contributed by atoms with van der Waals surface area (Å²) in [5.74, 6) is -0.890. The van der Waals surface area contributed by atoms with Crippen molar-refractivity contribution in [3.8, 4) is 0 Å². The number of aryl methyl sites for hydroxylation is 1. The zero-order chi connectivity index (χ0) is 14.0. The minimum Gasteiger partial charge on any atom is -0.399 e. The fourth-order valence-electron chi connectivity index (χ4n) is 1.67. The molecule has 0 atom stereocenters. The molecular formula is C14H12BrFN2O. The number of nitrogen functional groups attached to an aromatic ring is 1. The Morgan fingerprint density at radius 1 is 1.26 bits per heavy atom. The van der Waals surface area contributed by atoms with Gasteiger partial charge in [0.1, 0.15) is 5.82 Å². The summed E-state index contributed by atoms with van der Waals surface area (Å²) in [4.78, 5) is 12.1. The van der Waals surface area contributed by atoms with Gasteiger partial charge in [0.05, 0.1) is 5.69 Å². The second kappa shape index (κ2) is 5.40. The number of benzene rings is 2. The van der Waals surface area contributed by atoms with Crippen LogP contribution >= 0.6 is 15.9 Å². The Balaban J connectivity index is 2.30. The van der Waals surface area contributed by atoms with Gasteiger partial charge in [-0.05, 0) is 42.8 Å². The van der Waals surface area contributed by atoms with Crippen LogP contribution in [0.3, 0.4) is 0 Å².